The number of piperazine rings is 1. The summed E-state index contributed by atoms with van der Waals surface area (Å²) in [4.78, 5) is 15.9. The number of amides is 1. The summed E-state index contributed by atoms with van der Waals surface area (Å²) in [6.45, 7) is 2.08. The Bertz CT molecular complexity index is 672. The minimum Gasteiger partial charge on any atom is -0.352 e. The molecule has 1 fully saturated rings. The van der Waals surface area contributed by atoms with E-state index in [2.05, 4.69) is 10.2 Å². The van der Waals surface area contributed by atoms with Crippen LogP contribution in [0.1, 0.15) is 10.4 Å². The molecule has 7 heteroatoms. The number of hydrogen-bond donors (Lipinski definition) is 0. The molecule has 1 aliphatic rings. The minimum absolute atomic E-state index is 0.102. The molecule has 0 radical (unpaired) electrons. The summed E-state index contributed by atoms with van der Waals surface area (Å²) in [5.74, 6) is -1.19. The molecule has 1 amide bonds. The van der Waals surface area contributed by atoms with Gasteiger partial charge in [-0.1, -0.05) is 0 Å². The predicted octanol–water partition coefficient (Wildman–Crippen LogP) is 1.72. The van der Waals surface area contributed by atoms with Gasteiger partial charge in [0.1, 0.15) is 11.6 Å². The number of carbonyl (C=O) groups is 1. The van der Waals surface area contributed by atoms with Crippen LogP contribution in [0, 0.1) is 11.6 Å². The predicted molar refractivity (Wildman–Crippen MR) is 76.5 cm³/mol. The molecule has 5 nitrogen and oxygen atoms in total. The van der Waals surface area contributed by atoms with Gasteiger partial charge in [0.05, 0.1) is 5.56 Å². The second kappa shape index (κ2) is 6.05. The van der Waals surface area contributed by atoms with Gasteiger partial charge < -0.3 is 9.80 Å². The zero-order valence-corrected chi connectivity index (χ0v) is 11.7. The highest BCUT2D eigenvalue weighted by Gasteiger charge is 2.24. The Balaban J connectivity index is 1.67. The van der Waals surface area contributed by atoms with Crippen LogP contribution >= 0.6 is 0 Å². The second-order valence-electron chi connectivity index (χ2n) is 4.99. The SMILES string of the molecule is O=C(c1ccc(F)cc1F)N1CCN(c2cccnn2)CC1. The second-order valence-corrected chi connectivity index (χ2v) is 4.99. The number of halogens is 2. The molecule has 0 atom stereocenters. The molecule has 2 aromatic rings. The highest BCUT2D eigenvalue weighted by Crippen LogP contribution is 2.16. The van der Waals surface area contributed by atoms with Gasteiger partial charge in [-0.3, -0.25) is 4.79 Å². The van der Waals surface area contributed by atoms with Crippen molar-refractivity contribution in [2.45, 2.75) is 0 Å². The number of nitrogens with zero attached hydrogens (tertiary/aromatic N) is 4. The number of carbonyl (C=O) groups excluding carboxylic acids is 1. The fraction of sp³-hybridized carbons (Fsp3) is 0.267. The van der Waals surface area contributed by atoms with Gasteiger partial charge in [0.25, 0.3) is 5.91 Å². The van der Waals surface area contributed by atoms with E-state index in [1.807, 2.05) is 11.0 Å². The first-order valence-electron chi connectivity index (χ1n) is 6.92. The Kier molecular flexibility index (Phi) is 3.95. The van der Waals surface area contributed by atoms with Crippen molar-refractivity contribution in [3.63, 3.8) is 0 Å². The molecule has 0 bridgehead atoms. The van der Waals surface area contributed by atoms with E-state index in [4.69, 9.17) is 0 Å². The first-order valence-corrected chi connectivity index (χ1v) is 6.92. The zero-order valence-electron chi connectivity index (χ0n) is 11.7. The molecular weight excluding hydrogens is 290 g/mol. The molecule has 0 N–H and O–H groups in total. The van der Waals surface area contributed by atoms with Crippen LogP contribution in [0.15, 0.2) is 36.5 Å². The van der Waals surface area contributed by atoms with Gasteiger partial charge in [-0.15, -0.1) is 5.10 Å². The first-order chi connectivity index (χ1) is 10.6. The van der Waals surface area contributed by atoms with Gasteiger partial charge in [0.15, 0.2) is 5.82 Å². The molecular formula is C15H14F2N4O. The van der Waals surface area contributed by atoms with Crippen molar-refractivity contribution < 1.29 is 13.6 Å². The summed E-state index contributed by atoms with van der Waals surface area (Å²) >= 11 is 0. The monoisotopic (exact) mass is 304 g/mol. The third kappa shape index (κ3) is 2.88. The molecule has 1 aliphatic heterocycles. The molecule has 114 valence electrons. The van der Waals surface area contributed by atoms with Crippen molar-refractivity contribution in [2.24, 2.45) is 0 Å². The maximum Gasteiger partial charge on any atom is 0.256 e. The fourth-order valence-corrected chi connectivity index (χ4v) is 2.43. The van der Waals surface area contributed by atoms with E-state index in [-0.39, 0.29) is 5.56 Å². The molecule has 0 spiro atoms. The highest BCUT2D eigenvalue weighted by atomic mass is 19.1. The van der Waals surface area contributed by atoms with Crippen molar-refractivity contribution in [1.82, 2.24) is 15.1 Å². The molecule has 0 unspecified atom stereocenters. The normalized spacial score (nSPS) is 15.0. The maximum absolute atomic E-state index is 13.7. The molecule has 0 aliphatic carbocycles. The number of hydrogen-bond acceptors (Lipinski definition) is 4. The van der Waals surface area contributed by atoms with E-state index in [0.29, 0.717) is 26.2 Å². The Morgan fingerprint density at radius 1 is 1.09 bits per heavy atom. The van der Waals surface area contributed by atoms with Crippen molar-refractivity contribution in [1.29, 1.82) is 0 Å². The van der Waals surface area contributed by atoms with E-state index in [9.17, 15) is 13.6 Å². The molecule has 1 aromatic carbocycles. The number of anilines is 1. The van der Waals surface area contributed by atoms with Crippen molar-refractivity contribution >= 4 is 11.7 Å². The molecule has 0 saturated carbocycles. The van der Waals surface area contributed by atoms with E-state index >= 15 is 0 Å². The number of rotatable bonds is 2. The Morgan fingerprint density at radius 2 is 1.86 bits per heavy atom. The quantitative estimate of drug-likeness (QED) is 0.847. The summed E-state index contributed by atoms with van der Waals surface area (Å²) in [5, 5.41) is 7.85. The largest absolute Gasteiger partial charge is 0.352 e. The average molecular weight is 304 g/mol. The lowest BCUT2D eigenvalue weighted by molar-refractivity contribution is 0.0741. The lowest BCUT2D eigenvalue weighted by atomic mass is 10.1. The summed E-state index contributed by atoms with van der Waals surface area (Å²) in [5.41, 5.74) is -0.102. The number of aromatic nitrogens is 2. The summed E-state index contributed by atoms with van der Waals surface area (Å²) in [6, 6.07) is 6.65. The first kappa shape index (κ1) is 14.4. The number of benzene rings is 1. The third-order valence-corrected chi connectivity index (χ3v) is 3.61. The van der Waals surface area contributed by atoms with Crippen LogP contribution in [0.4, 0.5) is 14.6 Å². The summed E-state index contributed by atoms with van der Waals surface area (Å²) in [7, 11) is 0. The van der Waals surface area contributed by atoms with Gasteiger partial charge in [-0.2, -0.15) is 5.10 Å². The molecule has 2 heterocycles. The summed E-state index contributed by atoms with van der Waals surface area (Å²) in [6.07, 6.45) is 1.60. The van der Waals surface area contributed by atoms with Crippen LogP contribution < -0.4 is 4.90 Å². The van der Waals surface area contributed by atoms with Crippen LogP contribution in [0.2, 0.25) is 0 Å². The highest BCUT2D eigenvalue weighted by molar-refractivity contribution is 5.94. The topological polar surface area (TPSA) is 49.3 Å². The van der Waals surface area contributed by atoms with Crippen molar-refractivity contribution in [2.75, 3.05) is 31.1 Å². The van der Waals surface area contributed by atoms with E-state index < -0.39 is 17.5 Å². The molecule has 1 saturated heterocycles. The Hall–Kier alpha value is -2.57. The van der Waals surface area contributed by atoms with Crippen LogP contribution in [-0.2, 0) is 0 Å². The smallest absolute Gasteiger partial charge is 0.256 e. The van der Waals surface area contributed by atoms with Crippen LogP contribution in [0.25, 0.3) is 0 Å². The average Bonchev–Trinajstić information content (AvgIpc) is 2.55. The lowest BCUT2D eigenvalue weighted by Gasteiger charge is -2.35. The standard InChI is InChI=1S/C15H14F2N4O/c16-11-3-4-12(13(17)10-11)15(22)21-8-6-20(7-9-21)14-2-1-5-18-19-14/h1-5,10H,6-9H2. The van der Waals surface area contributed by atoms with E-state index in [1.54, 1.807) is 17.2 Å². The van der Waals surface area contributed by atoms with Gasteiger partial charge in [0.2, 0.25) is 0 Å². The van der Waals surface area contributed by atoms with Gasteiger partial charge in [-0.25, -0.2) is 8.78 Å². The Morgan fingerprint density at radius 3 is 2.50 bits per heavy atom. The van der Waals surface area contributed by atoms with Crippen LogP contribution in [0.3, 0.4) is 0 Å². The minimum atomic E-state index is -0.832. The molecule has 3 rings (SSSR count). The molecule has 22 heavy (non-hydrogen) atoms. The van der Waals surface area contributed by atoms with Crippen LogP contribution in [-0.4, -0.2) is 47.2 Å². The molecule has 1 aromatic heterocycles. The Labute approximate surface area is 126 Å². The van der Waals surface area contributed by atoms with Crippen molar-refractivity contribution in [3.05, 3.63) is 53.7 Å². The third-order valence-electron chi connectivity index (χ3n) is 3.61. The van der Waals surface area contributed by atoms with Crippen molar-refractivity contribution in [3.8, 4) is 0 Å². The lowest BCUT2D eigenvalue weighted by Crippen LogP contribution is -2.49. The summed E-state index contributed by atoms with van der Waals surface area (Å²) < 4.78 is 26.6. The zero-order chi connectivity index (χ0) is 15.5. The van der Waals surface area contributed by atoms with Gasteiger partial charge >= 0.3 is 0 Å². The van der Waals surface area contributed by atoms with E-state index in [0.717, 1.165) is 18.0 Å². The fourth-order valence-electron chi connectivity index (χ4n) is 2.43. The van der Waals surface area contributed by atoms with Gasteiger partial charge in [-0.05, 0) is 24.3 Å². The van der Waals surface area contributed by atoms with Gasteiger partial charge in [0, 0.05) is 38.4 Å². The van der Waals surface area contributed by atoms with E-state index in [1.165, 1.54) is 6.07 Å². The van der Waals surface area contributed by atoms with Crippen LogP contribution in [0.5, 0.6) is 0 Å². The maximum atomic E-state index is 13.7.